The Morgan fingerprint density at radius 1 is 1.22 bits per heavy atom. The SMILES string of the molecule is C=CC[C@H](CC(=O)NC1(CO)CCCC1)C(=O)NC[C@H](O)c1ccccc1. The van der Waals surface area contributed by atoms with Crippen molar-refractivity contribution >= 4 is 11.8 Å². The third-order valence-corrected chi connectivity index (χ3v) is 5.18. The first-order chi connectivity index (χ1) is 13.0. The van der Waals surface area contributed by atoms with Crippen molar-refractivity contribution in [3.63, 3.8) is 0 Å². The predicted molar refractivity (Wildman–Crippen MR) is 104 cm³/mol. The monoisotopic (exact) mass is 374 g/mol. The Morgan fingerprint density at radius 2 is 1.89 bits per heavy atom. The third-order valence-electron chi connectivity index (χ3n) is 5.18. The molecule has 0 heterocycles. The summed E-state index contributed by atoms with van der Waals surface area (Å²) < 4.78 is 0. The van der Waals surface area contributed by atoms with E-state index >= 15 is 0 Å². The van der Waals surface area contributed by atoms with Gasteiger partial charge in [0, 0.05) is 13.0 Å². The number of benzene rings is 1. The van der Waals surface area contributed by atoms with E-state index in [0.717, 1.165) is 31.2 Å². The Hall–Kier alpha value is -2.18. The highest BCUT2D eigenvalue weighted by molar-refractivity contribution is 5.86. The molecule has 0 bridgehead atoms. The minimum atomic E-state index is -0.801. The van der Waals surface area contributed by atoms with Crippen LogP contribution in [-0.2, 0) is 9.59 Å². The van der Waals surface area contributed by atoms with Gasteiger partial charge in [0.05, 0.1) is 24.2 Å². The van der Waals surface area contributed by atoms with E-state index in [-0.39, 0.29) is 31.4 Å². The molecule has 1 aromatic carbocycles. The van der Waals surface area contributed by atoms with Crippen LogP contribution >= 0.6 is 0 Å². The zero-order valence-electron chi connectivity index (χ0n) is 15.7. The van der Waals surface area contributed by atoms with Gasteiger partial charge in [-0.05, 0) is 24.8 Å². The van der Waals surface area contributed by atoms with Crippen molar-refractivity contribution in [3.8, 4) is 0 Å². The molecule has 1 aromatic rings. The first-order valence-corrected chi connectivity index (χ1v) is 9.53. The number of hydrogen-bond acceptors (Lipinski definition) is 4. The van der Waals surface area contributed by atoms with Gasteiger partial charge in [-0.1, -0.05) is 49.2 Å². The average Bonchev–Trinajstić information content (AvgIpc) is 3.15. The van der Waals surface area contributed by atoms with E-state index in [4.69, 9.17) is 0 Å². The number of rotatable bonds is 10. The lowest BCUT2D eigenvalue weighted by Crippen LogP contribution is -2.50. The van der Waals surface area contributed by atoms with E-state index < -0.39 is 17.6 Å². The second-order valence-corrected chi connectivity index (χ2v) is 7.29. The molecule has 0 aromatic heterocycles. The minimum Gasteiger partial charge on any atom is -0.394 e. The molecular formula is C21H30N2O4. The third kappa shape index (κ3) is 6.19. The second kappa shape index (κ2) is 10.2. The van der Waals surface area contributed by atoms with Crippen LogP contribution in [0.15, 0.2) is 43.0 Å². The number of allylic oxidation sites excluding steroid dienone is 1. The van der Waals surface area contributed by atoms with Crippen molar-refractivity contribution in [1.82, 2.24) is 10.6 Å². The molecule has 2 amide bonds. The summed E-state index contributed by atoms with van der Waals surface area (Å²) in [7, 11) is 0. The Kier molecular flexibility index (Phi) is 8.00. The molecule has 0 saturated heterocycles. The summed E-state index contributed by atoms with van der Waals surface area (Å²) in [6.45, 7) is 3.66. The minimum absolute atomic E-state index is 0.0288. The maximum absolute atomic E-state index is 12.5. The van der Waals surface area contributed by atoms with Crippen molar-refractivity contribution in [3.05, 3.63) is 48.6 Å². The summed E-state index contributed by atoms with van der Waals surface area (Å²) in [5, 5.41) is 25.5. The van der Waals surface area contributed by atoms with E-state index in [2.05, 4.69) is 17.2 Å². The molecule has 1 aliphatic rings. The van der Waals surface area contributed by atoms with Gasteiger partial charge in [-0.15, -0.1) is 6.58 Å². The number of carbonyl (C=O) groups excluding carboxylic acids is 2. The van der Waals surface area contributed by atoms with Gasteiger partial charge in [0.15, 0.2) is 0 Å². The maximum Gasteiger partial charge on any atom is 0.224 e. The quantitative estimate of drug-likeness (QED) is 0.470. The summed E-state index contributed by atoms with van der Waals surface area (Å²) in [5.74, 6) is -1.08. The summed E-state index contributed by atoms with van der Waals surface area (Å²) in [6, 6.07) is 9.09. The Bertz CT molecular complexity index is 626. The van der Waals surface area contributed by atoms with Crippen LogP contribution in [0.3, 0.4) is 0 Å². The lowest BCUT2D eigenvalue weighted by molar-refractivity contribution is -0.131. The fourth-order valence-electron chi connectivity index (χ4n) is 3.56. The number of aliphatic hydroxyl groups is 2. The van der Waals surface area contributed by atoms with E-state index in [1.165, 1.54) is 0 Å². The van der Waals surface area contributed by atoms with Gasteiger partial charge in [0.2, 0.25) is 11.8 Å². The van der Waals surface area contributed by atoms with E-state index in [9.17, 15) is 19.8 Å². The standard InChI is InChI=1S/C21H30N2O4/c1-2-8-17(13-19(26)23-21(15-24)11-6-7-12-21)20(27)22-14-18(25)16-9-4-3-5-10-16/h2-5,9-10,17-18,24-25H,1,6-8,11-15H2,(H,22,27)(H,23,26)/t17-,18+/m1/s1. The molecule has 0 radical (unpaired) electrons. The lowest BCUT2D eigenvalue weighted by Gasteiger charge is -2.28. The Morgan fingerprint density at radius 3 is 2.48 bits per heavy atom. The molecular weight excluding hydrogens is 344 g/mol. The lowest BCUT2D eigenvalue weighted by atomic mass is 9.95. The van der Waals surface area contributed by atoms with Gasteiger partial charge >= 0.3 is 0 Å². The second-order valence-electron chi connectivity index (χ2n) is 7.29. The van der Waals surface area contributed by atoms with Gasteiger partial charge in [-0.2, -0.15) is 0 Å². The molecule has 6 heteroatoms. The zero-order chi connectivity index (χ0) is 19.7. The van der Waals surface area contributed by atoms with Gasteiger partial charge in [0.1, 0.15) is 0 Å². The van der Waals surface area contributed by atoms with Gasteiger partial charge in [0.25, 0.3) is 0 Å². The van der Waals surface area contributed by atoms with Crippen molar-refractivity contribution in [2.45, 2.75) is 50.2 Å². The van der Waals surface area contributed by atoms with Crippen LogP contribution in [0.4, 0.5) is 0 Å². The molecule has 27 heavy (non-hydrogen) atoms. The number of hydrogen-bond donors (Lipinski definition) is 4. The molecule has 2 rings (SSSR count). The van der Waals surface area contributed by atoms with Crippen LogP contribution in [0.25, 0.3) is 0 Å². The zero-order valence-corrected chi connectivity index (χ0v) is 15.7. The van der Waals surface area contributed by atoms with Crippen molar-refractivity contribution in [2.24, 2.45) is 5.92 Å². The molecule has 1 saturated carbocycles. The predicted octanol–water partition coefficient (Wildman–Crippen LogP) is 1.84. The van der Waals surface area contributed by atoms with Gasteiger partial charge in [-0.3, -0.25) is 9.59 Å². The molecule has 4 N–H and O–H groups in total. The average molecular weight is 374 g/mol. The normalized spacial score (nSPS) is 17.7. The highest BCUT2D eigenvalue weighted by atomic mass is 16.3. The topological polar surface area (TPSA) is 98.7 Å². The van der Waals surface area contributed by atoms with E-state index in [0.29, 0.717) is 6.42 Å². The molecule has 0 aliphatic heterocycles. The molecule has 1 aliphatic carbocycles. The van der Waals surface area contributed by atoms with Crippen molar-refractivity contribution in [1.29, 1.82) is 0 Å². The van der Waals surface area contributed by atoms with Crippen LogP contribution in [0.2, 0.25) is 0 Å². The number of carbonyl (C=O) groups is 2. The van der Waals surface area contributed by atoms with Crippen molar-refractivity contribution in [2.75, 3.05) is 13.2 Å². The highest BCUT2D eigenvalue weighted by Gasteiger charge is 2.35. The summed E-state index contributed by atoms with van der Waals surface area (Å²) in [4.78, 5) is 24.9. The highest BCUT2D eigenvalue weighted by Crippen LogP contribution is 2.29. The van der Waals surface area contributed by atoms with Gasteiger partial charge in [-0.25, -0.2) is 0 Å². The Balaban J connectivity index is 1.88. The maximum atomic E-state index is 12.5. The molecule has 0 spiro atoms. The van der Waals surface area contributed by atoms with Crippen LogP contribution in [0.5, 0.6) is 0 Å². The van der Waals surface area contributed by atoms with Crippen LogP contribution in [0.1, 0.15) is 50.2 Å². The molecule has 0 unspecified atom stereocenters. The first kappa shape index (κ1) is 21.1. The van der Waals surface area contributed by atoms with E-state index in [1.54, 1.807) is 18.2 Å². The fraction of sp³-hybridized carbons (Fsp3) is 0.524. The Labute approximate surface area is 160 Å². The number of nitrogens with one attached hydrogen (secondary N) is 2. The number of aliphatic hydroxyl groups excluding tert-OH is 2. The summed E-state index contributed by atoms with van der Waals surface area (Å²) in [5.41, 5.74) is 0.178. The van der Waals surface area contributed by atoms with E-state index in [1.807, 2.05) is 18.2 Å². The fourth-order valence-corrected chi connectivity index (χ4v) is 3.56. The van der Waals surface area contributed by atoms with Crippen LogP contribution in [0, 0.1) is 5.92 Å². The smallest absolute Gasteiger partial charge is 0.224 e. The van der Waals surface area contributed by atoms with Gasteiger partial charge < -0.3 is 20.8 Å². The largest absolute Gasteiger partial charge is 0.394 e. The summed E-state index contributed by atoms with van der Waals surface area (Å²) in [6.07, 6.45) is 4.69. The molecule has 2 atom stereocenters. The number of amides is 2. The van der Waals surface area contributed by atoms with Crippen molar-refractivity contribution < 1.29 is 19.8 Å². The summed E-state index contributed by atoms with van der Waals surface area (Å²) >= 11 is 0. The van der Waals surface area contributed by atoms with Crippen LogP contribution < -0.4 is 10.6 Å². The first-order valence-electron chi connectivity index (χ1n) is 9.53. The molecule has 148 valence electrons. The van der Waals surface area contributed by atoms with Crippen LogP contribution in [-0.4, -0.2) is 40.7 Å². The molecule has 6 nitrogen and oxygen atoms in total. The molecule has 1 fully saturated rings.